The number of hydrogen-bond donors (Lipinski definition) is 1. The number of aliphatic hydroxyl groups is 1. The number of ether oxygens (including phenoxy) is 1. The van der Waals surface area contributed by atoms with Crippen LogP contribution in [0.15, 0.2) is 23.9 Å². The van der Waals surface area contributed by atoms with Gasteiger partial charge in [0.2, 0.25) is 0 Å². The molecule has 0 unspecified atom stereocenters. The molecular weight excluding hydrogens is 168 g/mol. The first-order valence-corrected chi connectivity index (χ1v) is 3.36. The molecule has 0 radical (unpaired) electrons. The molecule has 62 valence electrons. The van der Waals surface area contributed by atoms with E-state index in [0.29, 0.717) is 0 Å². The summed E-state index contributed by atoms with van der Waals surface area (Å²) in [6.45, 7) is 3.12. The maximum Gasteiger partial charge on any atom is 0.312 e. The number of rotatable bonds is 4. The van der Waals surface area contributed by atoms with Gasteiger partial charge in [-0.05, 0) is 6.08 Å². The highest BCUT2D eigenvalue weighted by molar-refractivity contribution is 6.30. The third kappa shape index (κ3) is 7.09. The fourth-order valence-electron chi connectivity index (χ4n) is 0.334. The molecule has 0 spiro atoms. The molecule has 0 fully saturated rings. The van der Waals surface area contributed by atoms with Gasteiger partial charge in [0, 0.05) is 5.03 Å². The second-order valence-corrected chi connectivity index (χ2v) is 2.20. The van der Waals surface area contributed by atoms with Crippen LogP contribution in [0, 0.1) is 0 Å². The quantitative estimate of drug-likeness (QED) is 0.398. The Morgan fingerprint density at radius 1 is 1.73 bits per heavy atom. The van der Waals surface area contributed by atoms with Crippen LogP contribution in [0.25, 0.3) is 0 Å². The van der Waals surface area contributed by atoms with Gasteiger partial charge in [-0.1, -0.05) is 18.2 Å². The zero-order valence-electron chi connectivity index (χ0n) is 5.92. The number of aliphatic hydroxyl groups excluding tert-OH is 1. The molecule has 0 aliphatic rings. The van der Waals surface area contributed by atoms with Crippen LogP contribution in [0.3, 0.4) is 0 Å². The van der Waals surface area contributed by atoms with Crippen molar-refractivity contribution in [3.8, 4) is 0 Å². The maximum atomic E-state index is 10.5. The Labute approximate surface area is 69.9 Å². The summed E-state index contributed by atoms with van der Waals surface area (Å²) in [5.41, 5.74) is 0. The number of allylic oxidation sites excluding steroid dienone is 2. The lowest BCUT2D eigenvalue weighted by molar-refractivity contribution is -0.138. The van der Waals surface area contributed by atoms with E-state index in [1.165, 1.54) is 6.08 Å². The normalized spacial score (nSPS) is 10.0. The van der Waals surface area contributed by atoms with E-state index in [1.54, 1.807) is 0 Å². The topological polar surface area (TPSA) is 46.5 Å². The van der Waals surface area contributed by atoms with Crippen LogP contribution in [0.2, 0.25) is 0 Å². The van der Waals surface area contributed by atoms with Gasteiger partial charge in [0.15, 0.2) is 0 Å². The minimum atomic E-state index is -0.498. The van der Waals surface area contributed by atoms with Crippen LogP contribution >= 0.6 is 11.6 Å². The smallest absolute Gasteiger partial charge is 0.312 e. The van der Waals surface area contributed by atoms with Crippen molar-refractivity contribution < 1.29 is 14.6 Å². The third-order valence-electron chi connectivity index (χ3n) is 0.764. The molecule has 4 heteroatoms. The predicted octanol–water partition coefficient (Wildman–Crippen LogP) is 1.18. The van der Waals surface area contributed by atoms with Crippen LogP contribution < -0.4 is 0 Å². The van der Waals surface area contributed by atoms with E-state index in [1.807, 2.05) is 0 Å². The Morgan fingerprint density at radius 2 is 2.36 bits per heavy atom. The van der Waals surface area contributed by atoms with E-state index in [2.05, 4.69) is 11.3 Å². The lowest BCUT2D eigenvalue weighted by Gasteiger charge is -1.94. The third-order valence-corrected chi connectivity index (χ3v) is 0.890. The average Bonchev–Trinajstić information content (AvgIpc) is 1.87. The van der Waals surface area contributed by atoms with Gasteiger partial charge in [0.05, 0.1) is 19.3 Å². The summed E-state index contributed by atoms with van der Waals surface area (Å²) in [6.07, 6.45) is 2.46. The van der Waals surface area contributed by atoms with Crippen molar-refractivity contribution in [1.82, 2.24) is 0 Å². The summed E-state index contributed by atoms with van der Waals surface area (Å²) in [7, 11) is 0. The van der Waals surface area contributed by atoms with E-state index in [-0.39, 0.29) is 18.1 Å². The summed E-state index contributed by atoms with van der Waals surface area (Å²) in [5.74, 6) is -0.498. The van der Waals surface area contributed by atoms with Crippen LogP contribution in [-0.2, 0) is 9.53 Å². The lowest BCUT2D eigenvalue weighted by atomic mass is 10.5. The molecule has 11 heavy (non-hydrogen) atoms. The van der Waals surface area contributed by atoms with Gasteiger partial charge in [-0.2, -0.15) is 0 Å². The Balaban J connectivity index is 3.53. The van der Waals surface area contributed by atoms with Gasteiger partial charge in [-0.3, -0.25) is 4.79 Å². The fourth-order valence-corrected chi connectivity index (χ4v) is 0.385. The average molecular weight is 177 g/mol. The van der Waals surface area contributed by atoms with E-state index in [9.17, 15) is 4.79 Å². The Kier molecular flexibility index (Phi) is 5.51. The standard InChI is InChI=1S/C7H9ClO3/c1-6(8)3-5-11-7(10)2-4-9/h3,5,9H,1-2,4H2. The molecule has 3 nitrogen and oxygen atoms in total. The van der Waals surface area contributed by atoms with Gasteiger partial charge in [-0.25, -0.2) is 0 Å². The minimum absolute atomic E-state index is 0.0148. The maximum absolute atomic E-state index is 10.5. The summed E-state index contributed by atoms with van der Waals surface area (Å²) in [5, 5.41) is 8.56. The van der Waals surface area contributed by atoms with E-state index in [4.69, 9.17) is 16.7 Å². The summed E-state index contributed by atoms with van der Waals surface area (Å²) >= 11 is 5.32. The van der Waals surface area contributed by atoms with Crippen molar-refractivity contribution >= 4 is 17.6 Å². The van der Waals surface area contributed by atoms with Gasteiger partial charge < -0.3 is 9.84 Å². The van der Waals surface area contributed by atoms with Crippen molar-refractivity contribution in [3.05, 3.63) is 23.9 Å². The van der Waals surface area contributed by atoms with E-state index >= 15 is 0 Å². The van der Waals surface area contributed by atoms with Crippen LogP contribution in [0.5, 0.6) is 0 Å². The molecule has 0 amide bonds. The van der Waals surface area contributed by atoms with Crippen molar-refractivity contribution in [1.29, 1.82) is 0 Å². The lowest BCUT2D eigenvalue weighted by Crippen LogP contribution is -2.01. The first-order valence-electron chi connectivity index (χ1n) is 2.98. The molecular formula is C7H9ClO3. The Morgan fingerprint density at radius 3 is 2.82 bits per heavy atom. The Hall–Kier alpha value is -0.800. The number of carbonyl (C=O) groups excluding carboxylic acids is 1. The molecule has 0 atom stereocenters. The first-order chi connectivity index (χ1) is 5.16. The monoisotopic (exact) mass is 176 g/mol. The molecule has 0 rings (SSSR count). The second kappa shape index (κ2) is 5.95. The van der Waals surface area contributed by atoms with Crippen molar-refractivity contribution in [2.24, 2.45) is 0 Å². The zero-order valence-corrected chi connectivity index (χ0v) is 6.67. The zero-order chi connectivity index (χ0) is 8.69. The molecule has 0 aliphatic heterocycles. The van der Waals surface area contributed by atoms with Gasteiger partial charge in [0.1, 0.15) is 0 Å². The molecule has 0 aromatic heterocycles. The molecule has 0 aromatic rings. The van der Waals surface area contributed by atoms with Gasteiger partial charge >= 0.3 is 5.97 Å². The first kappa shape index (κ1) is 10.2. The van der Waals surface area contributed by atoms with Crippen molar-refractivity contribution in [2.75, 3.05) is 6.61 Å². The number of carbonyl (C=O) groups is 1. The number of hydrogen-bond acceptors (Lipinski definition) is 3. The highest BCUT2D eigenvalue weighted by Gasteiger charge is 1.96. The van der Waals surface area contributed by atoms with Crippen LogP contribution in [-0.4, -0.2) is 17.7 Å². The highest BCUT2D eigenvalue weighted by atomic mass is 35.5. The molecule has 0 aliphatic carbocycles. The predicted molar refractivity (Wildman–Crippen MR) is 41.9 cm³/mol. The second-order valence-electron chi connectivity index (χ2n) is 1.71. The van der Waals surface area contributed by atoms with Crippen molar-refractivity contribution in [2.45, 2.75) is 6.42 Å². The van der Waals surface area contributed by atoms with Crippen LogP contribution in [0.4, 0.5) is 0 Å². The SMILES string of the molecule is C=C(Cl)C=COC(=O)CCO. The molecule has 0 bridgehead atoms. The molecule has 0 aromatic carbocycles. The number of esters is 1. The van der Waals surface area contributed by atoms with Crippen LogP contribution in [0.1, 0.15) is 6.42 Å². The highest BCUT2D eigenvalue weighted by Crippen LogP contribution is 1.98. The Bertz CT molecular complexity index is 175. The van der Waals surface area contributed by atoms with Crippen molar-refractivity contribution in [3.63, 3.8) is 0 Å². The van der Waals surface area contributed by atoms with Gasteiger partial charge in [-0.15, -0.1) is 0 Å². The summed E-state index contributed by atoms with van der Waals surface area (Å²) in [4.78, 5) is 10.5. The number of halogens is 1. The molecule has 0 saturated heterocycles. The molecule has 1 N–H and O–H groups in total. The molecule has 0 heterocycles. The van der Waals surface area contributed by atoms with E-state index in [0.717, 1.165) is 6.26 Å². The minimum Gasteiger partial charge on any atom is -0.434 e. The summed E-state index contributed by atoms with van der Waals surface area (Å²) < 4.78 is 4.47. The van der Waals surface area contributed by atoms with Gasteiger partial charge in [0.25, 0.3) is 0 Å². The van der Waals surface area contributed by atoms with E-state index < -0.39 is 5.97 Å². The molecule has 0 saturated carbocycles. The summed E-state index contributed by atoms with van der Waals surface area (Å²) in [6, 6.07) is 0. The fraction of sp³-hybridized carbons (Fsp3) is 0.286. The largest absolute Gasteiger partial charge is 0.434 e.